The third kappa shape index (κ3) is 3.47. The monoisotopic (exact) mass is 465 g/mol. The smallest absolute Gasteiger partial charge is 0.354 e. The van der Waals surface area contributed by atoms with Crippen molar-refractivity contribution in [1.29, 1.82) is 0 Å². The van der Waals surface area contributed by atoms with Crippen LogP contribution in [0.3, 0.4) is 0 Å². The summed E-state index contributed by atoms with van der Waals surface area (Å²) in [6, 6.07) is -0.932. The lowest BCUT2D eigenvalue weighted by Gasteiger charge is -2.30. The molecule has 11 heteroatoms. The average molecular weight is 466 g/mol. The summed E-state index contributed by atoms with van der Waals surface area (Å²) in [4.78, 5) is 12.8. The second-order valence-electron chi connectivity index (χ2n) is 9.48. The molecule has 0 bridgehead atoms. The predicted molar refractivity (Wildman–Crippen MR) is 114 cm³/mol. The van der Waals surface area contributed by atoms with E-state index in [4.69, 9.17) is 9.88 Å². The molecule has 0 saturated heterocycles. The van der Waals surface area contributed by atoms with E-state index in [1.807, 2.05) is 13.8 Å². The van der Waals surface area contributed by atoms with Gasteiger partial charge >= 0.3 is 6.03 Å². The minimum absolute atomic E-state index is 0.0156. The fraction of sp³-hybridized carbons (Fsp3) is 0.524. The molecule has 0 spiro atoms. The van der Waals surface area contributed by atoms with Crippen molar-refractivity contribution in [3.8, 4) is 5.88 Å². The number of nitrogens with two attached hydrogens (primary N) is 1. The van der Waals surface area contributed by atoms with Crippen molar-refractivity contribution in [1.82, 2.24) is 9.78 Å². The van der Waals surface area contributed by atoms with E-state index in [1.165, 1.54) is 6.20 Å². The lowest BCUT2D eigenvalue weighted by molar-refractivity contribution is 0.0972. The molecule has 1 aromatic carbocycles. The normalized spacial score (nSPS) is 22.3. The highest BCUT2D eigenvalue weighted by Crippen LogP contribution is 2.42. The van der Waals surface area contributed by atoms with E-state index >= 15 is 0 Å². The number of carbonyl (C=O) groups is 1. The van der Waals surface area contributed by atoms with Crippen LogP contribution in [0.4, 0.5) is 19.3 Å². The van der Waals surface area contributed by atoms with Gasteiger partial charge in [0.1, 0.15) is 16.9 Å². The lowest BCUT2D eigenvalue weighted by Crippen LogP contribution is -2.33. The Hall–Kier alpha value is -2.53. The zero-order chi connectivity index (χ0) is 22.8. The van der Waals surface area contributed by atoms with Crippen molar-refractivity contribution < 1.29 is 22.5 Å². The molecule has 0 saturated carbocycles. The van der Waals surface area contributed by atoms with Crippen molar-refractivity contribution in [2.45, 2.75) is 63.6 Å². The minimum Gasteiger partial charge on any atom is -0.476 e. The van der Waals surface area contributed by atoms with Crippen LogP contribution in [0.25, 0.3) is 0 Å². The Bertz CT molecular complexity index is 1260. The average Bonchev–Trinajstić information content (AvgIpc) is 3.41. The highest BCUT2D eigenvalue weighted by molar-refractivity contribution is 7.91. The number of hydrogen-bond acceptors (Lipinski definition) is 4. The van der Waals surface area contributed by atoms with Crippen LogP contribution in [0.15, 0.2) is 15.5 Å². The molecule has 0 radical (unpaired) electrons. The molecule has 172 valence electrons. The first-order valence-corrected chi connectivity index (χ1v) is 12.2. The molecule has 2 atom stereocenters. The Morgan fingerprint density at radius 1 is 1.31 bits per heavy atom. The zero-order valence-electron chi connectivity index (χ0n) is 17.9. The third-order valence-electron chi connectivity index (χ3n) is 6.27. The largest absolute Gasteiger partial charge is 0.476 e. The Kier molecular flexibility index (Phi) is 4.82. The molecule has 2 amide bonds. The van der Waals surface area contributed by atoms with Gasteiger partial charge in [0.15, 0.2) is 9.92 Å². The Morgan fingerprint density at radius 3 is 2.81 bits per heavy atom. The molecule has 3 N–H and O–H groups in total. The number of alkyl halides is 1. The molecule has 3 aliphatic rings. The number of amides is 2. The Labute approximate surface area is 184 Å². The van der Waals surface area contributed by atoms with Gasteiger partial charge in [-0.3, -0.25) is 0 Å². The molecule has 2 heterocycles. The summed E-state index contributed by atoms with van der Waals surface area (Å²) in [5.41, 5.74) is 2.17. The fourth-order valence-corrected chi connectivity index (χ4v) is 5.85. The molecule has 0 fully saturated rings. The van der Waals surface area contributed by atoms with Crippen molar-refractivity contribution in [3.63, 3.8) is 0 Å². The van der Waals surface area contributed by atoms with E-state index in [0.717, 1.165) is 6.42 Å². The van der Waals surface area contributed by atoms with Gasteiger partial charge in [-0.2, -0.15) is 5.10 Å². The standard InChI is InChI=1S/C21H25F2N5O3S/c1-21(2)9-28-19(31-10-21)16(8-25-28)32(24,30)27-20(29)26-18-13-5-3-4-12(13)17(23)14-6-11(22)7-15(14)18/h8,11H,3-7,9-10H2,1-2H3,(H3,24,26,27,29,30)/t11-,32+/m0/s1. The fourth-order valence-electron chi connectivity index (χ4n) is 4.85. The van der Waals surface area contributed by atoms with Crippen LogP contribution < -0.4 is 15.2 Å². The number of nitrogens with one attached hydrogen (secondary N) is 1. The van der Waals surface area contributed by atoms with Crippen molar-refractivity contribution >= 4 is 21.6 Å². The van der Waals surface area contributed by atoms with E-state index in [-0.39, 0.29) is 34.8 Å². The van der Waals surface area contributed by atoms with Gasteiger partial charge in [0, 0.05) is 23.9 Å². The maximum atomic E-state index is 14.8. The van der Waals surface area contributed by atoms with E-state index in [2.05, 4.69) is 14.8 Å². The molecule has 1 aromatic heterocycles. The first-order chi connectivity index (χ1) is 15.1. The van der Waals surface area contributed by atoms with Gasteiger partial charge in [-0.25, -0.2) is 27.6 Å². The van der Waals surface area contributed by atoms with E-state index in [1.54, 1.807) is 4.68 Å². The summed E-state index contributed by atoms with van der Waals surface area (Å²) in [5, 5.41) is 12.8. The molecule has 5 rings (SSSR count). The molecule has 32 heavy (non-hydrogen) atoms. The van der Waals surface area contributed by atoms with Gasteiger partial charge in [-0.15, -0.1) is 4.36 Å². The number of benzene rings is 1. The summed E-state index contributed by atoms with van der Waals surface area (Å²) in [5.74, 6) is -0.131. The zero-order valence-corrected chi connectivity index (χ0v) is 18.7. The molecular weight excluding hydrogens is 440 g/mol. The number of fused-ring (bicyclic) bond motifs is 3. The van der Waals surface area contributed by atoms with Crippen LogP contribution in [0.2, 0.25) is 0 Å². The summed E-state index contributed by atoms with van der Waals surface area (Å²) in [6.45, 7) is 4.95. The molecular formula is C21H25F2N5O3S. The first kappa shape index (κ1) is 21.3. The van der Waals surface area contributed by atoms with Crippen molar-refractivity contribution in [3.05, 3.63) is 34.3 Å². The number of anilines is 1. The van der Waals surface area contributed by atoms with E-state index in [9.17, 15) is 17.8 Å². The van der Waals surface area contributed by atoms with E-state index in [0.29, 0.717) is 53.9 Å². The number of halogens is 2. The molecule has 8 nitrogen and oxygen atoms in total. The van der Waals surface area contributed by atoms with E-state index < -0.39 is 22.1 Å². The summed E-state index contributed by atoms with van der Waals surface area (Å²) in [6.07, 6.45) is 1.97. The quantitative estimate of drug-likeness (QED) is 0.709. The Balaban J connectivity index is 1.49. The van der Waals surface area contributed by atoms with Gasteiger partial charge in [0.05, 0.1) is 19.3 Å². The predicted octanol–water partition coefficient (Wildman–Crippen LogP) is 3.30. The molecule has 0 unspecified atom stereocenters. The SMILES string of the molecule is CC1(C)COc2c([S@](N)(=O)=NC(=O)Nc3c4c(c(F)c5c3C[C@@H](F)C5)CCC4)cnn2C1. The Morgan fingerprint density at radius 2 is 2.03 bits per heavy atom. The van der Waals surface area contributed by atoms with Crippen LogP contribution in [-0.2, 0) is 42.1 Å². The van der Waals surface area contributed by atoms with Crippen molar-refractivity contribution in [2.75, 3.05) is 11.9 Å². The second-order valence-corrected chi connectivity index (χ2v) is 11.2. The number of hydrogen-bond donors (Lipinski definition) is 2. The van der Waals surface area contributed by atoms with Crippen LogP contribution in [0.1, 0.15) is 42.5 Å². The van der Waals surface area contributed by atoms with Gasteiger partial charge in [-0.05, 0) is 41.5 Å². The first-order valence-electron chi connectivity index (χ1n) is 10.6. The van der Waals surface area contributed by atoms with Crippen LogP contribution in [-0.4, -0.2) is 32.8 Å². The summed E-state index contributed by atoms with van der Waals surface area (Å²) >= 11 is 0. The second kappa shape index (κ2) is 7.24. The number of urea groups is 1. The van der Waals surface area contributed by atoms with Gasteiger partial charge < -0.3 is 10.1 Å². The number of rotatable bonds is 2. The number of ether oxygens (including phenoxy) is 1. The number of carbonyl (C=O) groups excluding carboxylic acids is 1. The lowest BCUT2D eigenvalue weighted by atomic mass is 9.94. The van der Waals surface area contributed by atoms with Crippen LogP contribution in [0.5, 0.6) is 5.88 Å². The number of nitrogens with zero attached hydrogens (tertiary/aromatic N) is 3. The van der Waals surface area contributed by atoms with Gasteiger partial charge in [-0.1, -0.05) is 13.8 Å². The molecule has 2 aromatic rings. The molecule has 2 aliphatic carbocycles. The summed E-state index contributed by atoms with van der Waals surface area (Å²) in [7, 11) is -3.66. The number of aromatic nitrogens is 2. The minimum atomic E-state index is -3.66. The topological polar surface area (TPSA) is 112 Å². The summed E-state index contributed by atoms with van der Waals surface area (Å²) < 4.78 is 53.1. The third-order valence-corrected chi connectivity index (χ3v) is 7.62. The molecule has 1 aliphatic heterocycles. The van der Waals surface area contributed by atoms with Crippen molar-refractivity contribution in [2.24, 2.45) is 14.9 Å². The van der Waals surface area contributed by atoms with Gasteiger partial charge in [0.2, 0.25) is 5.88 Å². The van der Waals surface area contributed by atoms with Crippen LogP contribution >= 0.6 is 0 Å². The van der Waals surface area contributed by atoms with Crippen LogP contribution in [0, 0.1) is 11.2 Å². The van der Waals surface area contributed by atoms with Gasteiger partial charge in [0.25, 0.3) is 0 Å². The highest BCUT2D eigenvalue weighted by atomic mass is 32.2. The maximum Gasteiger partial charge on any atom is 0.354 e. The highest BCUT2D eigenvalue weighted by Gasteiger charge is 2.35. The maximum absolute atomic E-state index is 14.8.